The van der Waals surface area contributed by atoms with Crippen molar-refractivity contribution in [3.05, 3.63) is 95.9 Å². The maximum Gasteiger partial charge on any atom is 0.326 e. The molecule has 3 aromatic carbocycles. The zero-order valence-corrected chi connectivity index (χ0v) is 22.0. The van der Waals surface area contributed by atoms with E-state index in [0.717, 1.165) is 19.3 Å². The second-order valence-electron chi connectivity index (χ2n) is 10.2. The van der Waals surface area contributed by atoms with Crippen LogP contribution in [0.1, 0.15) is 59.2 Å². The first kappa shape index (κ1) is 27.1. The number of nitrogens with zero attached hydrogens (tertiary/aromatic N) is 1. The van der Waals surface area contributed by atoms with Crippen LogP contribution in [0.15, 0.2) is 79.0 Å². The first-order chi connectivity index (χ1) is 19.4. The lowest BCUT2D eigenvalue weighted by atomic mass is 10.0. The van der Waals surface area contributed by atoms with Crippen LogP contribution in [0.4, 0.5) is 4.39 Å². The number of carboxylic acids is 1. The Hall–Kier alpha value is -4.46. The summed E-state index contributed by atoms with van der Waals surface area (Å²) >= 11 is 0. The molecule has 4 aromatic rings. The van der Waals surface area contributed by atoms with Crippen LogP contribution in [0, 0.1) is 11.7 Å². The monoisotopic (exact) mass is 542 g/mol. The van der Waals surface area contributed by atoms with E-state index in [1.165, 1.54) is 29.5 Å². The van der Waals surface area contributed by atoms with E-state index in [4.69, 9.17) is 4.74 Å². The Morgan fingerprint density at radius 2 is 1.73 bits per heavy atom. The van der Waals surface area contributed by atoms with Gasteiger partial charge in [0.25, 0.3) is 5.91 Å². The van der Waals surface area contributed by atoms with Gasteiger partial charge in [-0.15, -0.1) is 0 Å². The molecule has 1 fully saturated rings. The highest BCUT2D eigenvalue weighted by Gasteiger charge is 2.26. The minimum absolute atomic E-state index is 0.0895. The molecular weight excluding hydrogens is 511 g/mol. The fourth-order valence-corrected chi connectivity index (χ4v) is 5.40. The van der Waals surface area contributed by atoms with E-state index >= 15 is 0 Å². The van der Waals surface area contributed by atoms with Gasteiger partial charge in [-0.3, -0.25) is 14.2 Å². The molecule has 7 nitrogen and oxygen atoms in total. The van der Waals surface area contributed by atoms with Crippen LogP contribution >= 0.6 is 0 Å². The van der Waals surface area contributed by atoms with Crippen molar-refractivity contribution in [2.75, 3.05) is 0 Å². The zero-order valence-electron chi connectivity index (χ0n) is 22.0. The minimum Gasteiger partial charge on any atom is -0.480 e. The smallest absolute Gasteiger partial charge is 0.326 e. The van der Waals surface area contributed by atoms with Gasteiger partial charge in [0.15, 0.2) is 0 Å². The third-order valence-corrected chi connectivity index (χ3v) is 7.49. The van der Waals surface area contributed by atoms with E-state index in [9.17, 15) is 23.9 Å². The standard InChI is InChI=1S/C32H31FN2O5/c33-23-15-16-25-22(20-35(28(25)19-23)30(36)17-14-21-8-4-5-9-21)18-27(32(38)39)34-31(37)26-12-6-7-13-29(26)40-24-10-2-1-3-11-24/h1-3,6-7,10-13,15-16,19-21,27H,4-5,8-9,14,17-18H2,(H,34,37)(H,38,39)/t27-/m0/s1. The van der Waals surface area contributed by atoms with E-state index in [2.05, 4.69) is 5.32 Å². The Bertz CT molecular complexity index is 1530. The molecule has 0 radical (unpaired) electrons. The van der Waals surface area contributed by atoms with Crippen molar-refractivity contribution >= 4 is 28.7 Å². The maximum atomic E-state index is 14.2. The number of hydrogen-bond acceptors (Lipinski definition) is 4. The van der Waals surface area contributed by atoms with Gasteiger partial charge >= 0.3 is 5.97 Å². The number of aromatic nitrogens is 1. The molecule has 5 rings (SSSR count). The number of hydrogen-bond donors (Lipinski definition) is 2. The van der Waals surface area contributed by atoms with Gasteiger partial charge in [0, 0.05) is 24.4 Å². The summed E-state index contributed by atoms with van der Waals surface area (Å²) < 4.78 is 21.5. The third kappa shape index (κ3) is 6.22. The summed E-state index contributed by atoms with van der Waals surface area (Å²) in [6, 6.07) is 18.4. The van der Waals surface area contributed by atoms with Crippen LogP contribution in [0.25, 0.3) is 10.9 Å². The summed E-state index contributed by atoms with van der Waals surface area (Å²) in [5.74, 6) is -1.13. The molecule has 1 heterocycles. The van der Waals surface area contributed by atoms with Gasteiger partial charge in [-0.25, -0.2) is 9.18 Å². The summed E-state index contributed by atoms with van der Waals surface area (Å²) in [7, 11) is 0. The predicted octanol–water partition coefficient (Wildman–Crippen LogP) is 6.61. The lowest BCUT2D eigenvalue weighted by Crippen LogP contribution is -2.42. The van der Waals surface area contributed by atoms with Crippen LogP contribution in [-0.4, -0.2) is 33.5 Å². The van der Waals surface area contributed by atoms with Crippen LogP contribution < -0.4 is 10.1 Å². The average Bonchev–Trinajstić information content (AvgIpc) is 3.60. The van der Waals surface area contributed by atoms with Crippen molar-refractivity contribution < 1.29 is 28.6 Å². The Morgan fingerprint density at radius 3 is 2.48 bits per heavy atom. The summed E-state index contributed by atoms with van der Waals surface area (Å²) in [5.41, 5.74) is 1.11. The van der Waals surface area contributed by atoms with Gasteiger partial charge in [0.2, 0.25) is 5.91 Å². The second-order valence-corrected chi connectivity index (χ2v) is 10.2. The van der Waals surface area contributed by atoms with Crippen molar-refractivity contribution in [2.24, 2.45) is 5.92 Å². The molecule has 1 aromatic heterocycles. The highest BCUT2D eigenvalue weighted by atomic mass is 19.1. The molecule has 40 heavy (non-hydrogen) atoms. The number of nitrogens with one attached hydrogen (secondary N) is 1. The molecule has 1 aliphatic carbocycles. The normalized spacial score (nSPS) is 14.2. The SMILES string of the molecule is O=C(N[C@@H](Cc1cn(C(=O)CCC2CCCC2)c2cc(F)ccc12)C(=O)O)c1ccccc1Oc1ccccc1. The molecule has 0 aliphatic heterocycles. The Balaban J connectivity index is 1.37. The number of benzene rings is 3. The number of amides is 1. The number of rotatable bonds is 10. The molecule has 0 saturated heterocycles. The first-order valence-corrected chi connectivity index (χ1v) is 13.6. The van der Waals surface area contributed by atoms with Gasteiger partial charge in [-0.05, 0) is 60.4 Å². The van der Waals surface area contributed by atoms with E-state index < -0.39 is 23.7 Å². The van der Waals surface area contributed by atoms with Gasteiger partial charge < -0.3 is 15.2 Å². The summed E-state index contributed by atoms with van der Waals surface area (Å²) in [5, 5.41) is 13.2. The highest BCUT2D eigenvalue weighted by molar-refractivity contribution is 5.99. The molecule has 8 heteroatoms. The van der Waals surface area contributed by atoms with Crippen LogP contribution in [0.3, 0.4) is 0 Å². The van der Waals surface area contributed by atoms with Gasteiger partial charge in [0.05, 0.1) is 11.1 Å². The molecule has 1 amide bonds. The Kier molecular flexibility index (Phi) is 8.24. The molecule has 206 valence electrons. The van der Waals surface area contributed by atoms with Gasteiger partial charge in [-0.2, -0.15) is 0 Å². The first-order valence-electron chi connectivity index (χ1n) is 13.6. The molecule has 0 bridgehead atoms. The lowest BCUT2D eigenvalue weighted by Gasteiger charge is -2.16. The third-order valence-electron chi connectivity index (χ3n) is 7.49. The number of aliphatic carboxylic acids is 1. The van der Waals surface area contributed by atoms with Gasteiger partial charge in [-0.1, -0.05) is 56.0 Å². The Labute approximate surface area is 231 Å². The highest BCUT2D eigenvalue weighted by Crippen LogP contribution is 2.30. The fourth-order valence-electron chi connectivity index (χ4n) is 5.40. The molecule has 0 unspecified atom stereocenters. The van der Waals surface area contributed by atoms with Crippen LogP contribution in [0.2, 0.25) is 0 Å². The average molecular weight is 543 g/mol. The number of halogens is 1. The second kappa shape index (κ2) is 12.2. The van der Waals surface area contributed by atoms with Crippen molar-refractivity contribution in [1.29, 1.82) is 0 Å². The van der Waals surface area contributed by atoms with Crippen molar-refractivity contribution in [3.8, 4) is 11.5 Å². The van der Waals surface area contributed by atoms with E-state index in [1.54, 1.807) is 60.8 Å². The van der Waals surface area contributed by atoms with E-state index in [-0.39, 0.29) is 23.6 Å². The minimum atomic E-state index is -1.30. The molecule has 1 saturated carbocycles. The molecule has 2 N–H and O–H groups in total. The predicted molar refractivity (Wildman–Crippen MR) is 149 cm³/mol. The largest absolute Gasteiger partial charge is 0.480 e. The number of carbonyl (C=O) groups is 3. The fraction of sp³-hybridized carbons (Fsp3) is 0.281. The topological polar surface area (TPSA) is 97.6 Å². The lowest BCUT2D eigenvalue weighted by molar-refractivity contribution is -0.139. The summed E-state index contributed by atoms with van der Waals surface area (Å²) in [4.78, 5) is 38.6. The number of ether oxygens (including phenoxy) is 1. The zero-order chi connectivity index (χ0) is 28.1. The number of para-hydroxylation sites is 2. The molecular formula is C32H31FN2O5. The maximum absolute atomic E-state index is 14.2. The van der Waals surface area contributed by atoms with Crippen molar-refractivity contribution in [1.82, 2.24) is 9.88 Å². The quantitative estimate of drug-likeness (QED) is 0.235. The number of fused-ring (bicyclic) bond motifs is 1. The Morgan fingerprint density at radius 1 is 1.00 bits per heavy atom. The molecule has 1 atom stereocenters. The summed E-state index contributed by atoms with van der Waals surface area (Å²) in [6.45, 7) is 0. The van der Waals surface area contributed by atoms with Crippen LogP contribution in [0.5, 0.6) is 11.5 Å². The van der Waals surface area contributed by atoms with Crippen molar-refractivity contribution in [2.45, 2.75) is 51.0 Å². The molecule has 1 aliphatic rings. The van der Waals surface area contributed by atoms with E-state index in [0.29, 0.717) is 34.6 Å². The number of carbonyl (C=O) groups excluding carboxylic acids is 2. The summed E-state index contributed by atoms with van der Waals surface area (Å²) in [6.07, 6.45) is 7.22. The van der Waals surface area contributed by atoms with Crippen LogP contribution in [-0.2, 0) is 11.2 Å². The molecule has 0 spiro atoms. The van der Waals surface area contributed by atoms with E-state index in [1.807, 2.05) is 6.07 Å². The van der Waals surface area contributed by atoms with Crippen molar-refractivity contribution in [3.63, 3.8) is 0 Å². The number of carboxylic acid groups (broad SMARTS) is 1. The van der Waals surface area contributed by atoms with Gasteiger partial charge in [0.1, 0.15) is 23.4 Å².